The van der Waals surface area contributed by atoms with E-state index < -0.39 is 0 Å². The van der Waals surface area contributed by atoms with Crippen molar-refractivity contribution in [1.82, 2.24) is 4.31 Å². The highest BCUT2D eigenvalue weighted by Crippen LogP contribution is 2.29. The second-order valence-corrected chi connectivity index (χ2v) is 5.93. The Morgan fingerprint density at radius 3 is 2.22 bits per heavy atom. The van der Waals surface area contributed by atoms with Crippen LogP contribution in [0.25, 0.3) is 0 Å². The monoisotopic (exact) mass is 266 g/mol. The Hall–Kier alpha value is -0.670. The topological polar surface area (TPSA) is 6.48 Å². The summed E-state index contributed by atoms with van der Waals surface area (Å²) in [5, 5.41) is 0. The fourth-order valence-electron chi connectivity index (χ4n) is 2.21. The fraction of sp³-hybridized carbons (Fsp3) is 0.600. The molecular formula is C15H26N2S. The van der Waals surface area contributed by atoms with Crippen LogP contribution in [0.4, 0.5) is 5.69 Å². The largest absolute Gasteiger partial charge is 0.371 e. The highest BCUT2D eigenvalue weighted by molar-refractivity contribution is 7.97. The van der Waals surface area contributed by atoms with Gasteiger partial charge in [-0.25, -0.2) is 0 Å². The summed E-state index contributed by atoms with van der Waals surface area (Å²) in [5.74, 6) is 0. The third kappa shape index (κ3) is 4.21. The molecule has 2 nitrogen and oxygen atoms in total. The third-order valence-corrected chi connectivity index (χ3v) is 3.73. The summed E-state index contributed by atoms with van der Waals surface area (Å²) in [6.45, 7) is 8.66. The Bertz CT molecular complexity index is 358. The number of rotatable bonds is 3. The van der Waals surface area contributed by atoms with Gasteiger partial charge in [-0.05, 0) is 69.6 Å². The van der Waals surface area contributed by atoms with E-state index in [1.54, 1.807) is 11.9 Å². The van der Waals surface area contributed by atoms with Gasteiger partial charge < -0.3 is 4.90 Å². The highest BCUT2D eigenvalue weighted by atomic mass is 32.2. The van der Waals surface area contributed by atoms with Crippen molar-refractivity contribution in [3.05, 3.63) is 23.8 Å². The molecule has 3 heteroatoms. The molecule has 0 radical (unpaired) electrons. The summed E-state index contributed by atoms with van der Waals surface area (Å²) < 4.78 is 2.13. The van der Waals surface area contributed by atoms with E-state index in [0.717, 1.165) is 0 Å². The van der Waals surface area contributed by atoms with Crippen LogP contribution in [0, 0.1) is 6.92 Å². The van der Waals surface area contributed by atoms with Crippen LogP contribution in [-0.2, 0) is 0 Å². The second kappa shape index (κ2) is 7.70. The summed E-state index contributed by atoms with van der Waals surface area (Å²) in [6, 6.07) is 6.79. The maximum atomic E-state index is 2.50. The average Bonchev–Trinajstić information content (AvgIpc) is 2.84. The first-order valence-electron chi connectivity index (χ1n) is 6.88. The molecule has 0 bridgehead atoms. The molecule has 1 aromatic carbocycles. The third-order valence-electron chi connectivity index (χ3n) is 2.90. The van der Waals surface area contributed by atoms with Gasteiger partial charge in [0.25, 0.3) is 0 Å². The maximum Gasteiger partial charge on any atom is 0.0396 e. The standard InChI is InChI=1S/C13H20N2S.C2H6/c1-11-10-12(16-14(2)3)6-7-13(11)15-8-4-5-9-15;1-2/h6-7,10H,4-5,8-9H2,1-3H3;1-2H3. The van der Waals surface area contributed by atoms with Gasteiger partial charge in [-0.15, -0.1) is 0 Å². The zero-order valence-electron chi connectivity index (χ0n) is 12.4. The molecule has 0 amide bonds. The predicted octanol–water partition coefficient (Wildman–Crippen LogP) is 4.19. The molecule has 1 aliphatic heterocycles. The average molecular weight is 266 g/mol. The van der Waals surface area contributed by atoms with Crippen molar-refractivity contribution in [2.24, 2.45) is 0 Å². The minimum Gasteiger partial charge on any atom is -0.371 e. The number of hydrogen-bond acceptors (Lipinski definition) is 3. The summed E-state index contributed by atoms with van der Waals surface area (Å²) in [7, 11) is 4.16. The molecule has 0 aromatic heterocycles. The number of anilines is 1. The first kappa shape index (κ1) is 15.4. The molecule has 102 valence electrons. The van der Waals surface area contributed by atoms with Crippen LogP contribution < -0.4 is 4.90 Å². The number of nitrogens with zero attached hydrogens (tertiary/aromatic N) is 2. The van der Waals surface area contributed by atoms with E-state index in [1.807, 2.05) is 13.8 Å². The van der Waals surface area contributed by atoms with Gasteiger partial charge in [0.2, 0.25) is 0 Å². The fourth-order valence-corrected chi connectivity index (χ4v) is 2.99. The Morgan fingerprint density at radius 2 is 1.72 bits per heavy atom. The lowest BCUT2D eigenvalue weighted by Crippen LogP contribution is -2.18. The van der Waals surface area contributed by atoms with E-state index >= 15 is 0 Å². The van der Waals surface area contributed by atoms with Crippen molar-refractivity contribution in [1.29, 1.82) is 0 Å². The quantitative estimate of drug-likeness (QED) is 0.757. The van der Waals surface area contributed by atoms with Crippen LogP contribution in [-0.4, -0.2) is 31.5 Å². The van der Waals surface area contributed by atoms with Gasteiger partial charge in [0.15, 0.2) is 0 Å². The molecule has 1 fully saturated rings. The summed E-state index contributed by atoms with van der Waals surface area (Å²) in [6.07, 6.45) is 2.68. The first-order valence-corrected chi connectivity index (χ1v) is 7.65. The van der Waals surface area contributed by atoms with E-state index in [4.69, 9.17) is 0 Å². The first-order chi connectivity index (χ1) is 8.66. The minimum absolute atomic E-state index is 1.22. The smallest absolute Gasteiger partial charge is 0.0396 e. The minimum atomic E-state index is 1.22. The molecule has 1 heterocycles. The second-order valence-electron chi connectivity index (χ2n) is 4.55. The van der Waals surface area contributed by atoms with Crippen LogP contribution in [0.3, 0.4) is 0 Å². The van der Waals surface area contributed by atoms with E-state index in [9.17, 15) is 0 Å². The van der Waals surface area contributed by atoms with Gasteiger partial charge in [0.1, 0.15) is 0 Å². The Morgan fingerprint density at radius 1 is 1.11 bits per heavy atom. The van der Waals surface area contributed by atoms with Gasteiger partial charge in [0.05, 0.1) is 0 Å². The van der Waals surface area contributed by atoms with Crippen molar-refractivity contribution >= 4 is 17.6 Å². The molecule has 1 aliphatic rings. The van der Waals surface area contributed by atoms with Gasteiger partial charge in [0, 0.05) is 23.7 Å². The number of benzene rings is 1. The lowest BCUT2D eigenvalue weighted by atomic mass is 10.2. The van der Waals surface area contributed by atoms with Gasteiger partial charge in [-0.2, -0.15) is 0 Å². The normalized spacial score (nSPS) is 14.7. The SMILES string of the molecule is CC.Cc1cc(SN(C)C)ccc1N1CCCC1. The maximum absolute atomic E-state index is 2.50. The molecule has 2 rings (SSSR count). The zero-order chi connectivity index (χ0) is 13.5. The lowest BCUT2D eigenvalue weighted by Gasteiger charge is -2.21. The Kier molecular flexibility index (Phi) is 6.58. The van der Waals surface area contributed by atoms with Gasteiger partial charge >= 0.3 is 0 Å². The molecule has 0 spiro atoms. The van der Waals surface area contributed by atoms with E-state index in [-0.39, 0.29) is 0 Å². The van der Waals surface area contributed by atoms with Gasteiger partial charge in [-0.3, -0.25) is 4.31 Å². The van der Waals surface area contributed by atoms with E-state index in [2.05, 4.69) is 48.4 Å². The Balaban J connectivity index is 0.000000771. The Labute approximate surface area is 116 Å². The molecule has 0 aliphatic carbocycles. The van der Waals surface area contributed by atoms with Crippen LogP contribution in [0.2, 0.25) is 0 Å². The number of aryl methyl sites for hydroxylation is 1. The molecule has 1 aromatic rings. The summed E-state index contributed by atoms with van der Waals surface area (Å²) >= 11 is 1.78. The van der Waals surface area contributed by atoms with Crippen LogP contribution in [0.15, 0.2) is 23.1 Å². The van der Waals surface area contributed by atoms with E-state index in [0.29, 0.717) is 0 Å². The molecular weight excluding hydrogens is 240 g/mol. The van der Waals surface area contributed by atoms with Crippen molar-refractivity contribution in [3.63, 3.8) is 0 Å². The van der Waals surface area contributed by atoms with Crippen molar-refractivity contribution in [2.45, 2.75) is 38.5 Å². The molecule has 0 atom stereocenters. The van der Waals surface area contributed by atoms with Crippen LogP contribution in [0.1, 0.15) is 32.3 Å². The number of hydrogen-bond donors (Lipinski definition) is 0. The van der Waals surface area contributed by atoms with Crippen LogP contribution in [0.5, 0.6) is 0 Å². The highest BCUT2D eigenvalue weighted by Gasteiger charge is 2.14. The summed E-state index contributed by atoms with van der Waals surface area (Å²) in [5.41, 5.74) is 2.81. The predicted molar refractivity (Wildman–Crippen MR) is 83.5 cm³/mol. The zero-order valence-corrected chi connectivity index (χ0v) is 13.2. The summed E-state index contributed by atoms with van der Waals surface area (Å²) in [4.78, 5) is 3.82. The molecule has 1 saturated heterocycles. The molecule has 0 saturated carbocycles. The molecule has 0 unspecified atom stereocenters. The van der Waals surface area contributed by atoms with Crippen molar-refractivity contribution < 1.29 is 0 Å². The van der Waals surface area contributed by atoms with Crippen molar-refractivity contribution in [3.8, 4) is 0 Å². The van der Waals surface area contributed by atoms with Crippen molar-refractivity contribution in [2.75, 3.05) is 32.1 Å². The lowest BCUT2D eigenvalue weighted by molar-refractivity contribution is 0.702. The van der Waals surface area contributed by atoms with E-state index in [1.165, 1.54) is 42.1 Å². The van der Waals surface area contributed by atoms with Gasteiger partial charge in [-0.1, -0.05) is 13.8 Å². The van der Waals surface area contributed by atoms with Crippen LogP contribution >= 0.6 is 11.9 Å². The molecule has 18 heavy (non-hydrogen) atoms. The molecule has 0 N–H and O–H groups in total.